The molecule has 0 radical (unpaired) electrons. The second-order valence-electron chi connectivity index (χ2n) is 6.71. The number of carbonyl (C=O) groups excluding carboxylic acids is 1. The lowest BCUT2D eigenvalue weighted by atomic mass is 10.0. The van der Waals surface area contributed by atoms with Gasteiger partial charge in [0.15, 0.2) is 0 Å². The van der Waals surface area contributed by atoms with Gasteiger partial charge in [0.25, 0.3) is 15.9 Å². The maximum absolute atomic E-state index is 12.9. The zero-order valence-electron chi connectivity index (χ0n) is 15.1. The molecule has 2 aromatic heterocycles. The highest BCUT2D eigenvalue weighted by Crippen LogP contribution is 2.29. The van der Waals surface area contributed by atoms with Gasteiger partial charge in [-0.2, -0.15) is 13.1 Å². The van der Waals surface area contributed by atoms with Crippen molar-refractivity contribution in [2.45, 2.75) is 35.9 Å². The second kappa shape index (κ2) is 8.24. The Bertz CT molecular complexity index is 1060. The molecule has 0 unspecified atom stereocenters. The highest BCUT2D eigenvalue weighted by atomic mass is 32.2. The first-order valence-corrected chi connectivity index (χ1v) is 12.2. The Labute approximate surface area is 171 Å². The first-order chi connectivity index (χ1) is 13.6. The highest BCUT2D eigenvalue weighted by molar-refractivity contribution is 7.91. The molecule has 3 heterocycles. The third kappa shape index (κ3) is 3.95. The van der Waals surface area contributed by atoms with Gasteiger partial charge >= 0.3 is 0 Å². The first kappa shape index (κ1) is 19.4. The zero-order valence-corrected chi connectivity index (χ0v) is 17.5. The number of piperidine rings is 1. The molecule has 1 fully saturated rings. The predicted octanol–water partition coefficient (Wildman–Crippen LogP) is 3.12. The highest BCUT2D eigenvalue weighted by Gasteiger charge is 2.33. The summed E-state index contributed by atoms with van der Waals surface area (Å²) in [5.74, 6) is -0.182. The number of carbonyl (C=O) groups is 1. The summed E-state index contributed by atoms with van der Waals surface area (Å²) in [4.78, 5) is 12.4. The molecule has 0 saturated carbocycles. The number of hydrogen-bond acceptors (Lipinski definition) is 7. The van der Waals surface area contributed by atoms with Crippen LogP contribution in [0.4, 0.5) is 0 Å². The predicted molar refractivity (Wildman–Crippen MR) is 110 cm³/mol. The van der Waals surface area contributed by atoms with Crippen molar-refractivity contribution in [3.05, 3.63) is 41.3 Å². The van der Waals surface area contributed by atoms with Crippen molar-refractivity contribution >= 4 is 50.0 Å². The van der Waals surface area contributed by atoms with Crippen LogP contribution >= 0.6 is 23.1 Å². The molecule has 1 atom stereocenters. The molecule has 7 nitrogen and oxygen atoms in total. The van der Waals surface area contributed by atoms with Crippen molar-refractivity contribution in [3.8, 4) is 0 Å². The topological polar surface area (TPSA) is 92.3 Å². The summed E-state index contributed by atoms with van der Waals surface area (Å²) in [6.45, 7) is 0.958. The molecule has 1 aliphatic rings. The number of thiophene rings is 1. The van der Waals surface area contributed by atoms with Gasteiger partial charge in [-0.25, -0.2) is 8.42 Å². The molecule has 148 valence electrons. The number of nitrogens with one attached hydrogen (secondary N) is 1. The molecule has 1 aliphatic heterocycles. The fourth-order valence-electron chi connectivity index (χ4n) is 3.48. The third-order valence-corrected chi connectivity index (χ3v) is 8.79. The van der Waals surface area contributed by atoms with E-state index in [-0.39, 0.29) is 11.9 Å². The normalized spacial score (nSPS) is 18.4. The minimum Gasteiger partial charge on any atom is -0.352 e. The smallest absolute Gasteiger partial charge is 0.252 e. The van der Waals surface area contributed by atoms with Crippen LogP contribution in [0.2, 0.25) is 0 Å². The van der Waals surface area contributed by atoms with Gasteiger partial charge in [0.05, 0.1) is 11.7 Å². The number of amides is 1. The van der Waals surface area contributed by atoms with Gasteiger partial charge in [0.1, 0.15) is 15.2 Å². The first-order valence-electron chi connectivity index (χ1n) is 9.11. The standard InChI is InChI=1S/C18H20N4O3S3/c23-18(13-6-7-15-16(12-13)21-27-20-15)19-9-8-14-4-1-2-10-22(14)28(24,25)17-5-3-11-26-17/h3,5-7,11-12,14H,1-2,4,8-10H2,(H,19,23)/t14-/m0/s1. The minimum atomic E-state index is -3.46. The fraction of sp³-hybridized carbons (Fsp3) is 0.389. The van der Waals surface area contributed by atoms with Crippen LogP contribution in [-0.2, 0) is 10.0 Å². The maximum atomic E-state index is 12.9. The Hall–Kier alpha value is -1.88. The monoisotopic (exact) mass is 436 g/mol. The summed E-state index contributed by atoms with van der Waals surface area (Å²) >= 11 is 2.36. The van der Waals surface area contributed by atoms with Gasteiger partial charge < -0.3 is 5.32 Å². The van der Waals surface area contributed by atoms with E-state index >= 15 is 0 Å². The van der Waals surface area contributed by atoms with E-state index in [1.165, 1.54) is 11.3 Å². The summed E-state index contributed by atoms with van der Waals surface area (Å²) < 4.78 is 36.1. The van der Waals surface area contributed by atoms with E-state index in [1.54, 1.807) is 40.0 Å². The molecule has 3 aromatic rings. The third-order valence-electron chi connectivity index (χ3n) is 4.91. The van der Waals surface area contributed by atoms with E-state index in [4.69, 9.17) is 0 Å². The largest absolute Gasteiger partial charge is 0.352 e. The molecule has 10 heteroatoms. The number of sulfonamides is 1. The van der Waals surface area contributed by atoms with Crippen LogP contribution in [0.5, 0.6) is 0 Å². The molecule has 1 amide bonds. The van der Waals surface area contributed by atoms with Crippen molar-refractivity contribution in [2.75, 3.05) is 13.1 Å². The SMILES string of the molecule is O=C(NCC[C@@H]1CCCCN1S(=O)(=O)c1cccs1)c1ccc2nsnc2c1. The van der Waals surface area contributed by atoms with Crippen molar-refractivity contribution in [2.24, 2.45) is 0 Å². The van der Waals surface area contributed by atoms with Gasteiger partial charge in [-0.05, 0) is 48.9 Å². The molecule has 4 rings (SSSR count). The summed E-state index contributed by atoms with van der Waals surface area (Å²) in [7, 11) is -3.46. The Balaban J connectivity index is 1.39. The van der Waals surface area contributed by atoms with E-state index in [1.807, 2.05) is 0 Å². The zero-order chi connectivity index (χ0) is 19.6. The van der Waals surface area contributed by atoms with Crippen LogP contribution in [0.25, 0.3) is 11.0 Å². The van der Waals surface area contributed by atoms with Crippen LogP contribution in [0, 0.1) is 0 Å². The van der Waals surface area contributed by atoms with E-state index in [9.17, 15) is 13.2 Å². The van der Waals surface area contributed by atoms with Gasteiger partial charge in [-0.3, -0.25) is 4.79 Å². The number of fused-ring (bicyclic) bond motifs is 1. The molecule has 0 aliphatic carbocycles. The molecule has 1 N–H and O–H groups in total. The molecular weight excluding hydrogens is 416 g/mol. The number of rotatable bonds is 6. The molecular formula is C18H20N4O3S3. The average molecular weight is 437 g/mol. The Morgan fingerprint density at radius 1 is 1.21 bits per heavy atom. The number of benzene rings is 1. The second-order valence-corrected chi connectivity index (χ2v) is 10.3. The van der Waals surface area contributed by atoms with Crippen LogP contribution < -0.4 is 5.32 Å². The van der Waals surface area contributed by atoms with Crippen LogP contribution in [0.1, 0.15) is 36.0 Å². The Morgan fingerprint density at radius 3 is 2.89 bits per heavy atom. The van der Waals surface area contributed by atoms with Crippen LogP contribution in [0.3, 0.4) is 0 Å². The lowest BCUT2D eigenvalue weighted by Gasteiger charge is -2.34. The quantitative estimate of drug-likeness (QED) is 0.641. The lowest BCUT2D eigenvalue weighted by molar-refractivity contribution is 0.0949. The lowest BCUT2D eigenvalue weighted by Crippen LogP contribution is -2.44. The van der Waals surface area contributed by atoms with Crippen molar-refractivity contribution in [3.63, 3.8) is 0 Å². The van der Waals surface area contributed by atoms with Crippen molar-refractivity contribution < 1.29 is 13.2 Å². The van der Waals surface area contributed by atoms with E-state index in [0.717, 1.165) is 36.5 Å². The molecule has 28 heavy (non-hydrogen) atoms. The Kier molecular flexibility index (Phi) is 5.72. The summed E-state index contributed by atoms with van der Waals surface area (Å²) in [5, 5.41) is 4.69. The summed E-state index contributed by atoms with van der Waals surface area (Å²) in [5.41, 5.74) is 2.02. The van der Waals surface area contributed by atoms with Gasteiger partial charge in [-0.15, -0.1) is 11.3 Å². The summed E-state index contributed by atoms with van der Waals surface area (Å²) in [6, 6.07) is 8.55. The molecule has 0 spiro atoms. The average Bonchev–Trinajstić information content (AvgIpc) is 3.39. The van der Waals surface area contributed by atoms with Crippen LogP contribution in [-0.4, -0.2) is 46.5 Å². The number of nitrogens with zero attached hydrogens (tertiary/aromatic N) is 3. The van der Waals surface area contributed by atoms with E-state index in [2.05, 4.69) is 14.1 Å². The van der Waals surface area contributed by atoms with E-state index in [0.29, 0.717) is 34.8 Å². The van der Waals surface area contributed by atoms with Crippen molar-refractivity contribution in [1.82, 2.24) is 18.4 Å². The Morgan fingerprint density at radius 2 is 2.07 bits per heavy atom. The fourth-order valence-corrected chi connectivity index (χ4v) is 6.84. The maximum Gasteiger partial charge on any atom is 0.252 e. The molecule has 0 bridgehead atoms. The van der Waals surface area contributed by atoms with Gasteiger partial charge in [0, 0.05) is 24.7 Å². The molecule has 1 aromatic carbocycles. The van der Waals surface area contributed by atoms with Gasteiger partial charge in [0.2, 0.25) is 0 Å². The van der Waals surface area contributed by atoms with E-state index < -0.39 is 10.0 Å². The number of hydrogen-bond donors (Lipinski definition) is 1. The number of aromatic nitrogens is 2. The van der Waals surface area contributed by atoms with Crippen LogP contribution in [0.15, 0.2) is 39.9 Å². The van der Waals surface area contributed by atoms with Crippen molar-refractivity contribution in [1.29, 1.82) is 0 Å². The van der Waals surface area contributed by atoms with Gasteiger partial charge in [-0.1, -0.05) is 12.5 Å². The summed E-state index contributed by atoms with van der Waals surface area (Å²) in [6.07, 6.45) is 3.28. The molecule has 1 saturated heterocycles. The minimum absolute atomic E-state index is 0.0913.